The highest BCUT2D eigenvalue weighted by Crippen LogP contribution is 2.61. The molecule has 1 aromatic rings. The molecule has 5 heteroatoms. The van der Waals surface area contributed by atoms with E-state index < -0.39 is 0 Å². The van der Waals surface area contributed by atoms with Gasteiger partial charge in [-0.2, -0.15) is 5.10 Å². The molecule has 4 saturated carbocycles. The molecule has 1 amide bonds. The first-order chi connectivity index (χ1) is 11.5. The maximum atomic E-state index is 12.8. The maximum Gasteiger partial charge on any atom is 0.244 e. The van der Waals surface area contributed by atoms with E-state index in [1.54, 1.807) is 10.9 Å². The van der Waals surface area contributed by atoms with E-state index >= 15 is 0 Å². The fourth-order valence-electron chi connectivity index (χ4n) is 6.23. The molecule has 132 valence electrons. The summed E-state index contributed by atoms with van der Waals surface area (Å²) in [5, 5.41) is 7.69. The average Bonchev–Trinajstić information content (AvgIpc) is 2.96. The van der Waals surface area contributed by atoms with Crippen molar-refractivity contribution < 1.29 is 4.79 Å². The summed E-state index contributed by atoms with van der Waals surface area (Å²) < 4.78 is 2.65. The minimum atomic E-state index is -0.265. The highest BCUT2D eigenvalue weighted by Gasteiger charge is 2.54. The lowest BCUT2D eigenvalue weighted by molar-refractivity contribution is -0.129. The molecule has 4 fully saturated rings. The Labute approximate surface area is 152 Å². The topological polar surface area (TPSA) is 46.9 Å². The van der Waals surface area contributed by atoms with Gasteiger partial charge in [-0.15, -0.1) is 0 Å². The number of nitrogens with zero attached hydrogens (tertiary/aromatic N) is 2. The zero-order chi connectivity index (χ0) is 16.9. The largest absolute Gasteiger partial charge is 0.351 e. The summed E-state index contributed by atoms with van der Waals surface area (Å²) in [5.74, 6) is 2.86. The lowest BCUT2D eigenvalue weighted by atomic mass is 9.47. The van der Waals surface area contributed by atoms with Gasteiger partial charge in [0.15, 0.2) is 0 Å². The van der Waals surface area contributed by atoms with E-state index in [1.807, 2.05) is 13.1 Å². The van der Waals surface area contributed by atoms with Crippen LogP contribution in [-0.2, 0) is 4.79 Å². The van der Waals surface area contributed by atoms with Gasteiger partial charge in [-0.3, -0.25) is 9.48 Å². The van der Waals surface area contributed by atoms with Crippen LogP contribution in [0.5, 0.6) is 0 Å². The summed E-state index contributed by atoms with van der Waals surface area (Å²) in [7, 11) is 0. The number of hydrogen-bond acceptors (Lipinski definition) is 2. The Bertz CT molecular complexity index is 591. The van der Waals surface area contributed by atoms with Gasteiger partial charge in [0.1, 0.15) is 6.04 Å². The van der Waals surface area contributed by atoms with Crippen molar-refractivity contribution in [1.29, 1.82) is 0 Å². The van der Waals surface area contributed by atoms with Crippen LogP contribution in [0, 0.1) is 23.2 Å². The van der Waals surface area contributed by atoms with Gasteiger partial charge in [0.25, 0.3) is 0 Å². The number of amides is 1. The maximum absolute atomic E-state index is 12.8. The van der Waals surface area contributed by atoms with Gasteiger partial charge >= 0.3 is 0 Å². The Kier molecular flexibility index (Phi) is 4.26. The van der Waals surface area contributed by atoms with E-state index in [0.717, 1.165) is 28.6 Å². The third kappa shape index (κ3) is 2.83. The SMILES string of the molecule is CCC(NC(=O)C(C)n1cc(Br)cn1)C12CC3CC(CC(C3)C1)C2. The van der Waals surface area contributed by atoms with Crippen molar-refractivity contribution in [2.24, 2.45) is 23.2 Å². The summed E-state index contributed by atoms with van der Waals surface area (Å²) in [6.45, 7) is 4.17. The lowest BCUT2D eigenvalue weighted by Crippen LogP contribution is -2.57. The number of halogens is 1. The molecular formula is C19H28BrN3O. The molecule has 2 atom stereocenters. The van der Waals surface area contributed by atoms with Crippen molar-refractivity contribution in [1.82, 2.24) is 15.1 Å². The number of rotatable bonds is 5. The second kappa shape index (κ2) is 6.15. The number of nitrogens with one attached hydrogen (secondary N) is 1. The third-order valence-electron chi connectivity index (χ3n) is 6.90. The molecule has 4 aliphatic rings. The van der Waals surface area contributed by atoms with Crippen LogP contribution in [0.1, 0.15) is 64.8 Å². The molecule has 1 aromatic heterocycles. The first-order valence-electron chi connectivity index (χ1n) is 9.49. The van der Waals surface area contributed by atoms with Crippen molar-refractivity contribution in [3.05, 3.63) is 16.9 Å². The van der Waals surface area contributed by atoms with Gasteiger partial charge < -0.3 is 5.32 Å². The zero-order valence-corrected chi connectivity index (χ0v) is 16.3. The van der Waals surface area contributed by atoms with Gasteiger partial charge in [0, 0.05) is 12.2 Å². The van der Waals surface area contributed by atoms with Crippen LogP contribution in [0.3, 0.4) is 0 Å². The van der Waals surface area contributed by atoms with Gasteiger partial charge in [-0.1, -0.05) is 6.92 Å². The van der Waals surface area contributed by atoms with E-state index in [4.69, 9.17) is 0 Å². The molecule has 0 saturated heterocycles. The quantitative estimate of drug-likeness (QED) is 0.809. The van der Waals surface area contributed by atoms with Crippen LogP contribution < -0.4 is 5.32 Å². The van der Waals surface area contributed by atoms with E-state index in [1.165, 1.54) is 38.5 Å². The third-order valence-corrected chi connectivity index (χ3v) is 7.31. The van der Waals surface area contributed by atoms with Crippen molar-refractivity contribution in [3.8, 4) is 0 Å². The standard InChI is InChI=1S/C19H28BrN3O/c1-3-17(22-18(24)12(2)23-11-16(20)10-21-23)19-7-13-4-14(8-19)6-15(5-13)9-19/h10-15,17H,3-9H2,1-2H3,(H,22,24). The highest BCUT2D eigenvalue weighted by molar-refractivity contribution is 9.10. The molecule has 24 heavy (non-hydrogen) atoms. The van der Waals surface area contributed by atoms with Crippen molar-refractivity contribution in [2.75, 3.05) is 0 Å². The van der Waals surface area contributed by atoms with Gasteiger partial charge in [0.05, 0.1) is 10.7 Å². The van der Waals surface area contributed by atoms with Crippen LogP contribution in [0.2, 0.25) is 0 Å². The summed E-state index contributed by atoms with van der Waals surface area (Å²) in [5.41, 5.74) is 0.365. The molecule has 4 nitrogen and oxygen atoms in total. The summed E-state index contributed by atoms with van der Waals surface area (Å²) >= 11 is 3.41. The molecule has 4 bridgehead atoms. The number of hydrogen-bond donors (Lipinski definition) is 1. The molecule has 0 spiro atoms. The second-order valence-electron chi connectivity index (χ2n) is 8.56. The van der Waals surface area contributed by atoms with E-state index in [-0.39, 0.29) is 11.9 Å². The van der Waals surface area contributed by atoms with Crippen LogP contribution in [0.15, 0.2) is 16.9 Å². The molecule has 0 radical (unpaired) electrons. The Morgan fingerprint density at radius 3 is 2.38 bits per heavy atom. The normalized spacial score (nSPS) is 36.5. The summed E-state index contributed by atoms with van der Waals surface area (Å²) in [4.78, 5) is 12.8. The minimum absolute atomic E-state index is 0.105. The Hall–Kier alpha value is -0.840. The monoisotopic (exact) mass is 393 g/mol. The highest BCUT2D eigenvalue weighted by atomic mass is 79.9. The van der Waals surface area contributed by atoms with Crippen molar-refractivity contribution in [2.45, 2.75) is 70.9 Å². The molecule has 0 aliphatic heterocycles. The smallest absolute Gasteiger partial charge is 0.244 e. The molecule has 5 rings (SSSR count). The van der Waals surface area contributed by atoms with Gasteiger partial charge in [-0.05, 0) is 91.0 Å². The molecule has 1 heterocycles. The van der Waals surface area contributed by atoms with Crippen LogP contribution in [-0.4, -0.2) is 21.7 Å². The Balaban J connectivity index is 1.49. The van der Waals surface area contributed by atoms with Crippen LogP contribution in [0.25, 0.3) is 0 Å². The van der Waals surface area contributed by atoms with Crippen LogP contribution in [0.4, 0.5) is 0 Å². The number of carbonyl (C=O) groups is 1. The van der Waals surface area contributed by atoms with E-state index in [9.17, 15) is 4.79 Å². The second-order valence-corrected chi connectivity index (χ2v) is 9.48. The predicted molar refractivity (Wildman–Crippen MR) is 97.5 cm³/mol. The van der Waals surface area contributed by atoms with E-state index in [0.29, 0.717) is 11.5 Å². The first kappa shape index (κ1) is 16.6. The van der Waals surface area contributed by atoms with E-state index in [2.05, 4.69) is 33.3 Å². The summed E-state index contributed by atoms with van der Waals surface area (Å²) in [6.07, 6.45) is 13.0. The molecule has 4 aliphatic carbocycles. The van der Waals surface area contributed by atoms with Crippen LogP contribution >= 0.6 is 15.9 Å². The number of aromatic nitrogens is 2. The van der Waals surface area contributed by atoms with Gasteiger partial charge in [-0.25, -0.2) is 0 Å². The fourth-order valence-corrected chi connectivity index (χ4v) is 6.53. The van der Waals surface area contributed by atoms with Gasteiger partial charge in [0.2, 0.25) is 5.91 Å². The fraction of sp³-hybridized carbons (Fsp3) is 0.789. The zero-order valence-electron chi connectivity index (χ0n) is 14.7. The predicted octanol–water partition coefficient (Wildman–Crippen LogP) is 4.32. The molecular weight excluding hydrogens is 366 g/mol. The first-order valence-corrected chi connectivity index (χ1v) is 10.3. The molecule has 2 unspecified atom stereocenters. The number of carbonyl (C=O) groups excluding carboxylic acids is 1. The molecule has 1 N–H and O–H groups in total. The van der Waals surface area contributed by atoms with Crippen molar-refractivity contribution >= 4 is 21.8 Å². The minimum Gasteiger partial charge on any atom is -0.351 e. The Morgan fingerprint density at radius 1 is 1.33 bits per heavy atom. The summed E-state index contributed by atoms with van der Waals surface area (Å²) in [6, 6.07) is 0.0547. The lowest BCUT2D eigenvalue weighted by Gasteiger charge is -2.59. The van der Waals surface area contributed by atoms with Crippen molar-refractivity contribution in [3.63, 3.8) is 0 Å². The average molecular weight is 394 g/mol. The molecule has 0 aromatic carbocycles. The Morgan fingerprint density at radius 2 is 1.92 bits per heavy atom.